The molecule has 0 fully saturated rings. The van der Waals surface area contributed by atoms with Gasteiger partial charge in [-0.3, -0.25) is 9.48 Å². The Bertz CT molecular complexity index is 664. The number of benzene rings is 1. The van der Waals surface area contributed by atoms with Crippen LogP contribution in [0, 0.1) is 13.8 Å². The third-order valence-electron chi connectivity index (χ3n) is 3.35. The van der Waals surface area contributed by atoms with Crippen molar-refractivity contribution < 1.29 is 14.6 Å². The van der Waals surface area contributed by atoms with Gasteiger partial charge in [-0.25, -0.2) is 0 Å². The summed E-state index contributed by atoms with van der Waals surface area (Å²) < 4.78 is 7.18. The fourth-order valence-corrected chi connectivity index (χ4v) is 2.25. The van der Waals surface area contributed by atoms with Crippen LogP contribution < -0.4 is 10.5 Å². The molecule has 1 heterocycles. The summed E-state index contributed by atoms with van der Waals surface area (Å²) in [5.74, 6) is -0.374. The quantitative estimate of drug-likeness (QED) is 0.873. The molecule has 0 spiro atoms. The number of aromatic nitrogens is 2. The van der Waals surface area contributed by atoms with Crippen LogP contribution in [0.15, 0.2) is 24.3 Å². The van der Waals surface area contributed by atoms with Gasteiger partial charge in [0.1, 0.15) is 11.8 Å². The number of hydrogen-bond acceptors (Lipinski definition) is 4. The van der Waals surface area contributed by atoms with Gasteiger partial charge in [0.2, 0.25) is 0 Å². The second-order valence-corrected chi connectivity index (χ2v) is 4.97. The molecule has 6 heteroatoms. The second kappa shape index (κ2) is 5.97. The Morgan fingerprint density at radius 2 is 2.14 bits per heavy atom. The van der Waals surface area contributed by atoms with E-state index in [-0.39, 0.29) is 0 Å². The van der Waals surface area contributed by atoms with E-state index in [1.165, 1.54) is 0 Å². The van der Waals surface area contributed by atoms with Crippen LogP contribution >= 0.6 is 0 Å². The summed E-state index contributed by atoms with van der Waals surface area (Å²) in [4.78, 5) is 11.0. The van der Waals surface area contributed by atoms with Crippen LogP contribution in [0.5, 0.6) is 5.75 Å². The van der Waals surface area contributed by atoms with Gasteiger partial charge in [0.25, 0.3) is 0 Å². The Morgan fingerprint density at radius 3 is 2.67 bits per heavy atom. The lowest BCUT2D eigenvalue weighted by molar-refractivity contribution is -0.138. The predicted molar refractivity (Wildman–Crippen MR) is 78.4 cm³/mol. The SMILES string of the molecule is COc1ccc([C@H](N)C(=O)O)cc1Cn1nc(C)cc1C. The van der Waals surface area contributed by atoms with E-state index >= 15 is 0 Å². The minimum Gasteiger partial charge on any atom is -0.496 e. The summed E-state index contributed by atoms with van der Waals surface area (Å²) in [7, 11) is 1.58. The lowest BCUT2D eigenvalue weighted by atomic mass is 10.0. The van der Waals surface area contributed by atoms with Gasteiger partial charge in [-0.1, -0.05) is 6.07 Å². The number of hydrogen-bond donors (Lipinski definition) is 2. The molecular weight excluding hydrogens is 270 g/mol. The summed E-state index contributed by atoms with van der Waals surface area (Å²) in [5.41, 5.74) is 9.01. The number of carbonyl (C=O) groups is 1. The number of rotatable bonds is 5. The number of aryl methyl sites for hydroxylation is 2. The number of methoxy groups -OCH3 is 1. The van der Waals surface area contributed by atoms with E-state index in [4.69, 9.17) is 15.6 Å². The Hall–Kier alpha value is -2.34. The smallest absolute Gasteiger partial charge is 0.325 e. The summed E-state index contributed by atoms with van der Waals surface area (Å²) in [5, 5.41) is 13.4. The molecule has 6 nitrogen and oxygen atoms in total. The van der Waals surface area contributed by atoms with E-state index in [0.29, 0.717) is 17.9 Å². The van der Waals surface area contributed by atoms with Crippen LogP contribution in [0.4, 0.5) is 0 Å². The fourth-order valence-electron chi connectivity index (χ4n) is 2.25. The highest BCUT2D eigenvalue weighted by atomic mass is 16.5. The first-order valence-corrected chi connectivity index (χ1v) is 6.58. The molecule has 0 radical (unpaired) electrons. The standard InChI is InChI=1S/C15H19N3O3/c1-9-6-10(2)18(17-9)8-12-7-11(14(16)15(19)20)4-5-13(12)21-3/h4-7,14H,8,16H2,1-3H3,(H,19,20)/t14-/m0/s1. The van der Waals surface area contributed by atoms with Crippen molar-refractivity contribution in [2.24, 2.45) is 5.73 Å². The van der Waals surface area contributed by atoms with Crippen LogP contribution in [0.3, 0.4) is 0 Å². The van der Waals surface area contributed by atoms with E-state index in [0.717, 1.165) is 17.0 Å². The van der Waals surface area contributed by atoms with Gasteiger partial charge in [-0.15, -0.1) is 0 Å². The van der Waals surface area contributed by atoms with E-state index in [1.54, 1.807) is 25.3 Å². The molecule has 1 aromatic carbocycles. The molecular formula is C15H19N3O3. The van der Waals surface area contributed by atoms with E-state index < -0.39 is 12.0 Å². The molecule has 1 aromatic heterocycles. The van der Waals surface area contributed by atoms with Crippen molar-refractivity contribution >= 4 is 5.97 Å². The summed E-state index contributed by atoms with van der Waals surface area (Å²) in [6.07, 6.45) is 0. The van der Waals surface area contributed by atoms with Crippen LogP contribution in [0.1, 0.15) is 28.6 Å². The van der Waals surface area contributed by atoms with Gasteiger partial charge in [0.05, 0.1) is 19.3 Å². The zero-order valence-corrected chi connectivity index (χ0v) is 12.3. The van der Waals surface area contributed by atoms with Crippen molar-refractivity contribution in [3.05, 3.63) is 46.8 Å². The minimum absolute atomic E-state index is 0.503. The van der Waals surface area contributed by atoms with Crippen LogP contribution in [-0.4, -0.2) is 28.0 Å². The molecule has 112 valence electrons. The second-order valence-electron chi connectivity index (χ2n) is 4.97. The molecule has 3 N–H and O–H groups in total. The zero-order chi connectivity index (χ0) is 15.6. The van der Waals surface area contributed by atoms with Gasteiger partial charge in [-0.2, -0.15) is 5.10 Å². The van der Waals surface area contributed by atoms with Crippen molar-refractivity contribution in [2.45, 2.75) is 26.4 Å². The molecule has 21 heavy (non-hydrogen) atoms. The summed E-state index contributed by atoms with van der Waals surface area (Å²) >= 11 is 0. The zero-order valence-electron chi connectivity index (χ0n) is 12.3. The van der Waals surface area contributed by atoms with Crippen molar-refractivity contribution in [3.8, 4) is 5.75 Å². The molecule has 0 saturated heterocycles. The van der Waals surface area contributed by atoms with Gasteiger partial charge in [-0.05, 0) is 37.6 Å². The van der Waals surface area contributed by atoms with Crippen molar-refractivity contribution in [1.82, 2.24) is 9.78 Å². The largest absolute Gasteiger partial charge is 0.496 e. The molecule has 2 aromatic rings. The van der Waals surface area contributed by atoms with Crippen molar-refractivity contribution in [3.63, 3.8) is 0 Å². The van der Waals surface area contributed by atoms with E-state index in [1.807, 2.05) is 24.6 Å². The fraction of sp³-hybridized carbons (Fsp3) is 0.333. The number of carboxylic acid groups (broad SMARTS) is 1. The first-order chi connectivity index (χ1) is 9.92. The number of nitrogens with two attached hydrogens (primary N) is 1. The van der Waals surface area contributed by atoms with E-state index in [9.17, 15) is 4.79 Å². The summed E-state index contributed by atoms with van der Waals surface area (Å²) in [6.45, 7) is 4.40. The highest BCUT2D eigenvalue weighted by molar-refractivity contribution is 5.75. The average Bonchev–Trinajstić information content (AvgIpc) is 2.76. The van der Waals surface area contributed by atoms with Gasteiger partial charge < -0.3 is 15.6 Å². The van der Waals surface area contributed by atoms with Gasteiger partial charge in [0.15, 0.2) is 0 Å². The molecule has 0 saturated carbocycles. The lowest BCUT2D eigenvalue weighted by Gasteiger charge is -2.14. The number of carboxylic acids is 1. The van der Waals surface area contributed by atoms with E-state index in [2.05, 4.69) is 5.10 Å². The highest BCUT2D eigenvalue weighted by Crippen LogP contribution is 2.24. The maximum absolute atomic E-state index is 11.0. The average molecular weight is 289 g/mol. The minimum atomic E-state index is -1.06. The first-order valence-electron chi connectivity index (χ1n) is 6.58. The summed E-state index contributed by atoms with van der Waals surface area (Å²) in [6, 6.07) is 6.10. The topological polar surface area (TPSA) is 90.4 Å². The molecule has 0 aliphatic carbocycles. The lowest BCUT2D eigenvalue weighted by Crippen LogP contribution is -2.21. The normalized spacial score (nSPS) is 12.2. The predicted octanol–water partition coefficient (Wildman–Crippen LogP) is 1.64. The third-order valence-corrected chi connectivity index (χ3v) is 3.35. The van der Waals surface area contributed by atoms with Gasteiger partial charge >= 0.3 is 5.97 Å². The van der Waals surface area contributed by atoms with Crippen LogP contribution in [0.2, 0.25) is 0 Å². The molecule has 2 rings (SSSR count). The number of aliphatic carboxylic acids is 1. The Morgan fingerprint density at radius 1 is 1.43 bits per heavy atom. The van der Waals surface area contributed by atoms with Gasteiger partial charge in [0, 0.05) is 11.3 Å². The van der Waals surface area contributed by atoms with Crippen LogP contribution in [-0.2, 0) is 11.3 Å². The Labute approximate surface area is 123 Å². The highest BCUT2D eigenvalue weighted by Gasteiger charge is 2.16. The van der Waals surface area contributed by atoms with Crippen LogP contribution in [0.25, 0.3) is 0 Å². The molecule has 0 amide bonds. The van der Waals surface area contributed by atoms with Crippen molar-refractivity contribution in [1.29, 1.82) is 0 Å². The Balaban J connectivity index is 2.38. The molecule has 0 aliphatic heterocycles. The molecule has 0 unspecified atom stereocenters. The Kier molecular flexibility index (Phi) is 4.28. The molecule has 1 atom stereocenters. The molecule has 0 bridgehead atoms. The third kappa shape index (κ3) is 3.22. The maximum atomic E-state index is 11.0. The maximum Gasteiger partial charge on any atom is 0.325 e. The monoisotopic (exact) mass is 289 g/mol. The first kappa shape index (κ1) is 15.1. The van der Waals surface area contributed by atoms with Crippen molar-refractivity contribution in [2.75, 3.05) is 7.11 Å². The molecule has 0 aliphatic rings. The number of nitrogens with zero attached hydrogens (tertiary/aromatic N) is 2. The number of ether oxygens (including phenoxy) is 1.